The fourth-order valence-corrected chi connectivity index (χ4v) is 4.03. The Bertz CT molecular complexity index is 954. The van der Waals surface area contributed by atoms with E-state index in [2.05, 4.69) is 15.0 Å². The van der Waals surface area contributed by atoms with Crippen LogP contribution < -0.4 is 15.4 Å². The summed E-state index contributed by atoms with van der Waals surface area (Å²) in [7, 11) is 1.50. The maximum absolute atomic E-state index is 13.5. The second kappa shape index (κ2) is 6.19. The molecule has 1 aliphatic rings. The summed E-state index contributed by atoms with van der Waals surface area (Å²) in [5.74, 6) is 0.0667. The molecule has 0 saturated carbocycles. The first-order chi connectivity index (χ1) is 12.4. The molecule has 1 fully saturated rings. The van der Waals surface area contributed by atoms with Crippen LogP contribution in [0, 0.1) is 5.82 Å². The number of hydrogen-bond acceptors (Lipinski definition) is 7. The molecule has 0 radical (unpaired) electrons. The molecule has 4 rings (SSSR count). The zero-order valence-corrected chi connectivity index (χ0v) is 15.3. The minimum atomic E-state index is -0.861. The quantitative estimate of drug-likeness (QED) is 0.725. The molecule has 1 aliphatic heterocycles. The summed E-state index contributed by atoms with van der Waals surface area (Å²) in [4.78, 5) is 7.21. The first-order valence-corrected chi connectivity index (χ1v) is 9.12. The number of hydrogen-bond donors (Lipinski definition) is 2. The Morgan fingerprint density at radius 1 is 1.46 bits per heavy atom. The highest BCUT2D eigenvalue weighted by molar-refractivity contribution is 7.20. The number of aliphatic hydroxyl groups is 1. The minimum Gasteiger partial charge on any atom is -0.496 e. The van der Waals surface area contributed by atoms with Crippen molar-refractivity contribution in [3.8, 4) is 17.0 Å². The van der Waals surface area contributed by atoms with E-state index in [0.717, 1.165) is 21.3 Å². The molecule has 3 N–H and O–H groups in total. The number of methoxy groups -OCH3 is 1. The van der Waals surface area contributed by atoms with Crippen molar-refractivity contribution < 1.29 is 14.2 Å². The molecule has 2 aromatic heterocycles. The van der Waals surface area contributed by atoms with Crippen LogP contribution in [0.25, 0.3) is 16.2 Å². The Kier molecular flexibility index (Phi) is 4.09. The number of aromatic nitrogens is 3. The van der Waals surface area contributed by atoms with Crippen molar-refractivity contribution >= 4 is 21.4 Å². The molecule has 3 heterocycles. The van der Waals surface area contributed by atoms with Crippen molar-refractivity contribution in [3.05, 3.63) is 30.2 Å². The summed E-state index contributed by atoms with van der Waals surface area (Å²) < 4.78 is 20.5. The highest BCUT2D eigenvalue weighted by Crippen LogP contribution is 2.34. The minimum absolute atomic E-state index is 0.343. The van der Waals surface area contributed by atoms with Crippen LogP contribution in [-0.4, -0.2) is 51.5 Å². The van der Waals surface area contributed by atoms with Crippen LogP contribution in [0.2, 0.25) is 0 Å². The van der Waals surface area contributed by atoms with E-state index in [4.69, 9.17) is 10.5 Å². The Morgan fingerprint density at radius 3 is 3.00 bits per heavy atom. The number of benzene rings is 1. The number of piperidine rings is 1. The van der Waals surface area contributed by atoms with E-state index in [-0.39, 0.29) is 11.9 Å². The second-order valence-electron chi connectivity index (χ2n) is 6.73. The predicted octanol–water partition coefficient (Wildman–Crippen LogP) is 1.89. The van der Waals surface area contributed by atoms with Crippen molar-refractivity contribution in [2.45, 2.75) is 25.0 Å². The van der Waals surface area contributed by atoms with Crippen LogP contribution >= 0.6 is 11.3 Å². The molecule has 1 saturated heterocycles. The SMILES string of the molecule is COc1cc(F)ccc1-c1cnc2sc(N3CC[C@@](C)(O)[C@H](N)C3)nn12. The topological polar surface area (TPSA) is 88.9 Å². The monoisotopic (exact) mass is 377 g/mol. The molecule has 26 heavy (non-hydrogen) atoms. The van der Waals surface area contributed by atoms with Crippen LogP contribution in [-0.2, 0) is 0 Å². The molecular weight excluding hydrogens is 357 g/mol. The zero-order valence-electron chi connectivity index (χ0n) is 14.5. The van der Waals surface area contributed by atoms with Gasteiger partial charge in [-0.1, -0.05) is 11.3 Å². The van der Waals surface area contributed by atoms with Gasteiger partial charge in [-0.3, -0.25) is 0 Å². The lowest BCUT2D eigenvalue weighted by molar-refractivity contribution is 0.0168. The van der Waals surface area contributed by atoms with Gasteiger partial charge in [-0.15, -0.1) is 5.10 Å². The lowest BCUT2D eigenvalue weighted by atomic mass is 9.89. The highest BCUT2D eigenvalue weighted by Gasteiger charge is 2.36. The third-order valence-corrected chi connectivity index (χ3v) is 5.87. The third kappa shape index (κ3) is 2.81. The van der Waals surface area contributed by atoms with Crippen molar-refractivity contribution in [1.82, 2.24) is 14.6 Å². The molecule has 1 aromatic carbocycles. The maximum atomic E-state index is 13.5. The molecular formula is C17H20FN5O2S. The van der Waals surface area contributed by atoms with Crippen molar-refractivity contribution in [2.24, 2.45) is 5.73 Å². The summed E-state index contributed by atoms with van der Waals surface area (Å²) in [6.45, 7) is 2.97. The average molecular weight is 377 g/mol. The van der Waals surface area contributed by atoms with Gasteiger partial charge in [-0.2, -0.15) is 0 Å². The van der Waals surface area contributed by atoms with Gasteiger partial charge in [0, 0.05) is 24.7 Å². The second-order valence-corrected chi connectivity index (χ2v) is 7.66. The first kappa shape index (κ1) is 17.2. The zero-order chi connectivity index (χ0) is 18.5. The van der Waals surface area contributed by atoms with Gasteiger partial charge in [0.05, 0.1) is 30.6 Å². The Balaban J connectivity index is 1.70. The van der Waals surface area contributed by atoms with E-state index < -0.39 is 5.60 Å². The van der Waals surface area contributed by atoms with Gasteiger partial charge in [0.15, 0.2) is 0 Å². The van der Waals surface area contributed by atoms with E-state index >= 15 is 0 Å². The smallest absolute Gasteiger partial charge is 0.214 e. The number of rotatable bonds is 3. The third-order valence-electron chi connectivity index (χ3n) is 4.89. The van der Waals surface area contributed by atoms with Gasteiger partial charge < -0.3 is 20.5 Å². The highest BCUT2D eigenvalue weighted by atomic mass is 32.1. The number of nitrogens with zero attached hydrogens (tertiary/aromatic N) is 4. The average Bonchev–Trinajstić information content (AvgIpc) is 3.18. The normalized spacial score (nSPS) is 23.6. The van der Waals surface area contributed by atoms with Gasteiger partial charge in [0.2, 0.25) is 10.1 Å². The number of imidazole rings is 1. The molecule has 7 nitrogen and oxygen atoms in total. The molecule has 0 spiro atoms. The number of nitrogens with two attached hydrogens (primary N) is 1. The summed E-state index contributed by atoms with van der Waals surface area (Å²) in [5.41, 5.74) is 6.68. The van der Waals surface area contributed by atoms with Crippen LogP contribution in [0.5, 0.6) is 5.75 Å². The van der Waals surface area contributed by atoms with Gasteiger partial charge in [-0.25, -0.2) is 13.9 Å². The molecule has 0 bridgehead atoms. The van der Waals surface area contributed by atoms with Gasteiger partial charge in [0.25, 0.3) is 0 Å². The first-order valence-electron chi connectivity index (χ1n) is 8.30. The van der Waals surface area contributed by atoms with Gasteiger partial charge in [0.1, 0.15) is 11.6 Å². The van der Waals surface area contributed by atoms with Crippen molar-refractivity contribution in [1.29, 1.82) is 0 Å². The number of anilines is 1. The summed E-state index contributed by atoms with van der Waals surface area (Å²) in [5, 5.41) is 15.7. The van der Waals surface area contributed by atoms with Crippen molar-refractivity contribution in [3.63, 3.8) is 0 Å². The van der Waals surface area contributed by atoms with E-state index in [9.17, 15) is 9.50 Å². The number of fused-ring (bicyclic) bond motifs is 1. The van der Waals surface area contributed by atoms with Gasteiger partial charge in [-0.05, 0) is 25.5 Å². The largest absolute Gasteiger partial charge is 0.496 e. The maximum Gasteiger partial charge on any atom is 0.214 e. The lowest BCUT2D eigenvalue weighted by Gasteiger charge is -2.40. The Hall–Kier alpha value is -2.23. The summed E-state index contributed by atoms with van der Waals surface area (Å²) in [6, 6.07) is 4.04. The van der Waals surface area contributed by atoms with Crippen LogP contribution in [0.3, 0.4) is 0 Å². The van der Waals surface area contributed by atoms with Gasteiger partial charge >= 0.3 is 0 Å². The fourth-order valence-electron chi connectivity index (χ4n) is 3.12. The Morgan fingerprint density at radius 2 is 2.27 bits per heavy atom. The standard InChI is InChI=1S/C17H20FN5O2S/c1-17(24)5-6-22(9-14(17)19)16-21-23-12(8-20-15(23)26-16)11-4-3-10(18)7-13(11)25-2/h3-4,7-8,14,24H,5-6,9,19H2,1-2H3/t14-,17-/m1/s1. The molecule has 9 heteroatoms. The molecule has 138 valence electrons. The van der Waals surface area contributed by atoms with E-state index in [1.54, 1.807) is 23.7 Å². The fraction of sp³-hybridized carbons (Fsp3) is 0.412. The molecule has 0 aliphatic carbocycles. The number of halogens is 1. The lowest BCUT2D eigenvalue weighted by Crippen LogP contribution is -2.58. The summed E-state index contributed by atoms with van der Waals surface area (Å²) >= 11 is 1.45. The molecule has 0 amide bonds. The molecule has 3 aromatic rings. The Labute approximate surface area is 153 Å². The van der Waals surface area contributed by atoms with Crippen LogP contribution in [0.4, 0.5) is 9.52 Å². The van der Waals surface area contributed by atoms with Crippen molar-refractivity contribution in [2.75, 3.05) is 25.1 Å². The predicted molar refractivity (Wildman–Crippen MR) is 98.2 cm³/mol. The van der Waals surface area contributed by atoms with E-state index in [1.165, 1.54) is 30.6 Å². The van der Waals surface area contributed by atoms with E-state index in [1.807, 2.05) is 0 Å². The van der Waals surface area contributed by atoms with E-state index in [0.29, 0.717) is 25.3 Å². The summed E-state index contributed by atoms with van der Waals surface area (Å²) in [6.07, 6.45) is 2.28. The number of ether oxygens (including phenoxy) is 1. The van der Waals surface area contributed by atoms with Crippen LogP contribution in [0.15, 0.2) is 24.4 Å². The van der Waals surface area contributed by atoms with Crippen LogP contribution in [0.1, 0.15) is 13.3 Å². The molecule has 0 unspecified atom stereocenters. The molecule has 2 atom stereocenters.